The molecule has 1 amide bonds. The Bertz CT molecular complexity index is 612. The molecule has 0 aliphatic carbocycles. The van der Waals surface area contributed by atoms with Crippen molar-refractivity contribution in [1.82, 2.24) is 5.32 Å². The molecule has 0 spiro atoms. The Balaban J connectivity index is 2.03. The SMILES string of the molecule is COc1ccc(C(=O)NCc2ccc(Cl)cc2)c(N)c1. The van der Waals surface area contributed by atoms with Crippen LogP contribution in [0.25, 0.3) is 0 Å². The van der Waals surface area contributed by atoms with Crippen LogP contribution in [0.2, 0.25) is 5.02 Å². The summed E-state index contributed by atoms with van der Waals surface area (Å²) >= 11 is 5.80. The molecule has 0 aliphatic rings. The molecule has 0 saturated heterocycles. The van der Waals surface area contributed by atoms with E-state index in [1.165, 1.54) is 0 Å². The molecule has 4 nitrogen and oxygen atoms in total. The third-order valence-electron chi connectivity index (χ3n) is 2.87. The van der Waals surface area contributed by atoms with E-state index in [4.69, 9.17) is 22.1 Å². The van der Waals surface area contributed by atoms with Gasteiger partial charge in [-0.25, -0.2) is 0 Å². The van der Waals surface area contributed by atoms with Gasteiger partial charge in [0, 0.05) is 23.3 Å². The molecular formula is C15H15ClN2O2. The van der Waals surface area contributed by atoms with Crippen LogP contribution in [0.5, 0.6) is 5.75 Å². The van der Waals surface area contributed by atoms with Gasteiger partial charge >= 0.3 is 0 Å². The second kappa shape index (κ2) is 6.30. The number of carbonyl (C=O) groups is 1. The number of nitrogens with one attached hydrogen (secondary N) is 1. The number of ether oxygens (including phenoxy) is 1. The molecule has 5 heteroatoms. The fourth-order valence-corrected chi connectivity index (χ4v) is 1.88. The number of methoxy groups -OCH3 is 1. The van der Waals surface area contributed by atoms with Crippen molar-refractivity contribution in [2.24, 2.45) is 0 Å². The molecule has 20 heavy (non-hydrogen) atoms. The Hall–Kier alpha value is -2.20. The molecule has 2 rings (SSSR count). The molecule has 0 heterocycles. The van der Waals surface area contributed by atoms with E-state index >= 15 is 0 Å². The predicted molar refractivity (Wildman–Crippen MR) is 80.0 cm³/mol. The first-order valence-corrected chi connectivity index (χ1v) is 6.44. The van der Waals surface area contributed by atoms with Crippen LogP contribution in [-0.2, 0) is 6.54 Å². The van der Waals surface area contributed by atoms with Crippen molar-refractivity contribution in [3.63, 3.8) is 0 Å². The molecule has 104 valence electrons. The molecule has 3 N–H and O–H groups in total. The van der Waals surface area contributed by atoms with Crippen molar-refractivity contribution >= 4 is 23.2 Å². The van der Waals surface area contributed by atoms with Crippen LogP contribution in [0.1, 0.15) is 15.9 Å². The first-order valence-electron chi connectivity index (χ1n) is 6.06. The van der Waals surface area contributed by atoms with Gasteiger partial charge in [0.2, 0.25) is 0 Å². The maximum Gasteiger partial charge on any atom is 0.253 e. The van der Waals surface area contributed by atoms with Crippen LogP contribution in [0.15, 0.2) is 42.5 Å². The Morgan fingerprint density at radius 3 is 2.55 bits per heavy atom. The first kappa shape index (κ1) is 14.2. The third kappa shape index (κ3) is 3.42. The zero-order valence-corrected chi connectivity index (χ0v) is 11.8. The number of hydrogen-bond acceptors (Lipinski definition) is 3. The van der Waals surface area contributed by atoms with E-state index in [2.05, 4.69) is 5.32 Å². The number of benzene rings is 2. The largest absolute Gasteiger partial charge is 0.497 e. The summed E-state index contributed by atoms with van der Waals surface area (Å²) < 4.78 is 5.05. The van der Waals surface area contributed by atoms with Gasteiger partial charge in [-0.05, 0) is 29.8 Å². The Morgan fingerprint density at radius 2 is 1.95 bits per heavy atom. The number of halogens is 1. The van der Waals surface area contributed by atoms with Crippen molar-refractivity contribution in [3.05, 3.63) is 58.6 Å². The van der Waals surface area contributed by atoms with Gasteiger partial charge in [0.05, 0.1) is 12.7 Å². The number of nitrogen functional groups attached to an aromatic ring is 1. The molecule has 0 unspecified atom stereocenters. The van der Waals surface area contributed by atoms with Crippen molar-refractivity contribution in [1.29, 1.82) is 0 Å². The summed E-state index contributed by atoms with van der Waals surface area (Å²) in [6.07, 6.45) is 0. The van der Waals surface area contributed by atoms with E-state index in [0.717, 1.165) is 5.56 Å². The fraction of sp³-hybridized carbons (Fsp3) is 0.133. The maximum absolute atomic E-state index is 12.0. The van der Waals surface area contributed by atoms with Crippen LogP contribution < -0.4 is 15.8 Å². The highest BCUT2D eigenvalue weighted by Crippen LogP contribution is 2.19. The topological polar surface area (TPSA) is 64.3 Å². The van der Waals surface area contributed by atoms with Crippen molar-refractivity contribution in [3.8, 4) is 5.75 Å². The highest BCUT2D eigenvalue weighted by atomic mass is 35.5. The Kier molecular flexibility index (Phi) is 4.48. The fourth-order valence-electron chi connectivity index (χ4n) is 1.75. The molecule has 0 bridgehead atoms. The lowest BCUT2D eigenvalue weighted by atomic mass is 10.1. The number of nitrogens with two attached hydrogens (primary N) is 1. The van der Waals surface area contributed by atoms with Gasteiger partial charge in [0.25, 0.3) is 5.91 Å². The van der Waals surface area contributed by atoms with Gasteiger partial charge in [0.15, 0.2) is 0 Å². The van der Waals surface area contributed by atoms with E-state index in [9.17, 15) is 4.79 Å². The average Bonchev–Trinajstić information content (AvgIpc) is 2.46. The average molecular weight is 291 g/mol. The second-order valence-electron chi connectivity index (χ2n) is 4.26. The van der Waals surface area contributed by atoms with Gasteiger partial charge in [-0.2, -0.15) is 0 Å². The van der Waals surface area contributed by atoms with E-state index in [-0.39, 0.29) is 5.91 Å². The summed E-state index contributed by atoms with van der Waals surface area (Å²) in [5.74, 6) is 0.400. The first-order chi connectivity index (χ1) is 9.60. The standard InChI is InChI=1S/C15H15ClN2O2/c1-20-12-6-7-13(14(17)8-12)15(19)18-9-10-2-4-11(16)5-3-10/h2-8H,9,17H2,1H3,(H,18,19). The van der Waals surface area contributed by atoms with E-state index in [1.54, 1.807) is 37.4 Å². The third-order valence-corrected chi connectivity index (χ3v) is 3.12. The Labute approximate surface area is 122 Å². The molecule has 0 radical (unpaired) electrons. The number of hydrogen-bond donors (Lipinski definition) is 2. The van der Waals surface area contributed by atoms with E-state index in [1.807, 2.05) is 12.1 Å². The summed E-state index contributed by atoms with van der Waals surface area (Å²) in [7, 11) is 1.55. The number of rotatable bonds is 4. The zero-order valence-electron chi connectivity index (χ0n) is 11.0. The molecule has 0 aliphatic heterocycles. The Morgan fingerprint density at radius 1 is 1.25 bits per heavy atom. The molecule has 2 aromatic rings. The minimum Gasteiger partial charge on any atom is -0.497 e. The lowest BCUT2D eigenvalue weighted by molar-refractivity contribution is 0.0952. The van der Waals surface area contributed by atoms with Crippen LogP contribution >= 0.6 is 11.6 Å². The van der Waals surface area contributed by atoms with Crippen molar-refractivity contribution in [2.45, 2.75) is 6.54 Å². The maximum atomic E-state index is 12.0. The van der Waals surface area contributed by atoms with Gasteiger partial charge in [-0.15, -0.1) is 0 Å². The van der Waals surface area contributed by atoms with Crippen LogP contribution in [-0.4, -0.2) is 13.0 Å². The summed E-state index contributed by atoms with van der Waals surface area (Å²) in [6, 6.07) is 12.3. The van der Waals surface area contributed by atoms with Crippen LogP contribution in [0, 0.1) is 0 Å². The molecule has 0 aromatic heterocycles. The van der Waals surface area contributed by atoms with Crippen LogP contribution in [0.4, 0.5) is 5.69 Å². The minimum absolute atomic E-state index is 0.222. The quantitative estimate of drug-likeness (QED) is 0.851. The van der Waals surface area contributed by atoms with E-state index < -0.39 is 0 Å². The lowest BCUT2D eigenvalue weighted by Gasteiger charge is -2.09. The summed E-state index contributed by atoms with van der Waals surface area (Å²) in [4.78, 5) is 12.0. The van der Waals surface area contributed by atoms with Crippen LogP contribution in [0.3, 0.4) is 0 Å². The van der Waals surface area contributed by atoms with Crippen molar-refractivity contribution in [2.75, 3.05) is 12.8 Å². The molecule has 0 saturated carbocycles. The molecule has 0 fully saturated rings. The van der Waals surface area contributed by atoms with Gasteiger partial charge in [0.1, 0.15) is 5.75 Å². The molecule has 2 aromatic carbocycles. The highest BCUT2D eigenvalue weighted by molar-refractivity contribution is 6.30. The van der Waals surface area contributed by atoms with Crippen molar-refractivity contribution < 1.29 is 9.53 Å². The predicted octanol–water partition coefficient (Wildman–Crippen LogP) is 2.86. The second-order valence-corrected chi connectivity index (χ2v) is 4.70. The number of carbonyl (C=O) groups excluding carboxylic acids is 1. The summed E-state index contributed by atoms with van der Waals surface area (Å²) in [6.45, 7) is 0.418. The monoisotopic (exact) mass is 290 g/mol. The summed E-state index contributed by atoms with van der Waals surface area (Å²) in [5, 5.41) is 3.48. The molecular weight excluding hydrogens is 276 g/mol. The number of anilines is 1. The van der Waals surface area contributed by atoms with Gasteiger partial charge in [-0.3, -0.25) is 4.79 Å². The van der Waals surface area contributed by atoms with Gasteiger partial charge < -0.3 is 15.8 Å². The number of amides is 1. The van der Waals surface area contributed by atoms with E-state index in [0.29, 0.717) is 28.6 Å². The zero-order chi connectivity index (χ0) is 14.5. The normalized spacial score (nSPS) is 10.1. The highest BCUT2D eigenvalue weighted by Gasteiger charge is 2.10. The smallest absolute Gasteiger partial charge is 0.253 e. The summed E-state index contributed by atoms with van der Waals surface area (Å²) in [5.41, 5.74) is 7.61. The van der Waals surface area contributed by atoms with Gasteiger partial charge in [-0.1, -0.05) is 23.7 Å². The lowest BCUT2D eigenvalue weighted by Crippen LogP contribution is -2.23. The minimum atomic E-state index is -0.222. The molecule has 0 atom stereocenters.